The zero-order chi connectivity index (χ0) is 8.73. The second-order valence-corrected chi connectivity index (χ2v) is 1.82. The van der Waals surface area contributed by atoms with Crippen LogP contribution < -0.4 is 40.4 Å². The van der Waals surface area contributed by atoms with Crippen LogP contribution in [0.3, 0.4) is 0 Å². The molecule has 0 radical (unpaired) electrons. The fourth-order valence-electron chi connectivity index (χ4n) is 0. The van der Waals surface area contributed by atoms with Crippen LogP contribution >= 0.6 is 0 Å². The first-order valence-electron chi connectivity index (χ1n) is 2.57. The van der Waals surface area contributed by atoms with Crippen LogP contribution in [0.25, 0.3) is 0 Å². The number of hydrogen-bond donors (Lipinski definition) is 2. The van der Waals surface area contributed by atoms with Crippen LogP contribution in [0.1, 0.15) is 13.8 Å². The summed E-state index contributed by atoms with van der Waals surface area (Å²) in [4.78, 5) is 18.4. The third kappa shape index (κ3) is 41.7. The van der Waals surface area contributed by atoms with Gasteiger partial charge >= 0.3 is 29.6 Å². The van der Waals surface area contributed by atoms with Crippen molar-refractivity contribution in [2.45, 2.75) is 13.8 Å². The Morgan fingerprint density at radius 2 is 1.55 bits per heavy atom. The van der Waals surface area contributed by atoms with Gasteiger partial charge in [-0.3, -0.25) is 4.79 Å². The molecular formula is C5H10NNaO4. The van der Waals surface area contributed by atoms with Crippen molar-refractivity contribution in [1.29, 1.82) is 0 Å². The summed E-state index contributed by atoms with van der Waals surface area (Å²) in [6, 6.07) is 0. The van der Waals surface area contributed by atoms with Crippen LogP contribution in [0, 0.1) is 5.92 Å². The van der Waals surface area contributed by atoms with Crippen molar-refractivity contribution in [3.05, 3.63) is 0 Å². The molecule has 0 heterocycles. The van der Waals surface area contributed by atoms with Crippen molar-refractivity contribution >= 4 is 12.1 Å². The summed E-state index contributed by atoms with van der Waals surface area (Å²) >= 11 is 0. The van der Waals surface area contributed by atoms with Gasteiger partial charge in [-0.15, -0.1) is 0 Å². The first-order valence-corrected chi connectivity index (χ1v) is 2.57. The third-order valence-electron chi connectivity index (χ3n) is 0.569. The predicted molar refractivity (Wildman–Crippen MR) is 32.1 cm³/mol. The Kier molecular flexibility index (Phi) is 15.1. The van der Waals surface area contributed by atoms with Crippen molar-refractivity contribution in [1.82, 2.24) is 0 Å². The molecule has 0 aromatic heterocycles. The molecule has 0 aromatic carbocycles. The summed E-state index contributed by atoms with van der Waals surface area (Å²) in [7, 11) is 0. The molecule has 0 spiro atoms. The van der Waals surface area contributed by atoms with E-state index < -0.39 is 6.16 Å². The molecule has 0 aromatic rings. The Morgan fingerprint density at radius 3 is 1.55 bits per heavy atom. The minimum absolute atomic E-state index is 0. The number of primary amides is 1. The molecule has 0 atom stereocenters. The van der Waals surface area contributed by atoms with E-state index >= 15 is 0 Å². The third-order valence-corrected chi connectivity index (χ3v) is 0.569. The normalized spacial score (nSPS) is 7.18. The van der Waals surface area contributed by atoms with Gasteiger partial charge in [0.05, 0.1) is 0 Å². The Labute approximate surface area is 86.9 Å². The maximum atomic E-state index is 9.92. The van der Waals surface area contributed by atoms with E-state index in [1.165, 1.54) is 0 Å². The predicted octanol–water partition coefficient (Wildman–Crippen LogP) is -3.98. The molecule has 0 saturated heterocycles. The fraction of sp³-hybridized carbons (Fsp3) is 0.600. The van der Waals surface area contributed by atoms with Crippen molar-refractivity contribution in [2.24, 2.45) is 11.7 Å². The number of hydrogen-bond acceptors (Lipinski definition) is 3. The van der Waals surface area contributed by atoms with E-state index in [-0.39, 0.29) is 41.4 Å². The summed E-state index contributed by atoms with van der Waals surface area (Å²) in [5, 5.41) is 15.3. The van der Waals surface area contributed by atoms with Crippen LogP contribution in [-0.2, 0) is 4.79 Å². The van der Waals surface area contributed by atoms with Crippen molar-refractivity contribution < 1.29 is 49.4 Å². The molecule has 3 N–H and O–H groups in total. The molecule has 1 amide bonds. The number of amides is 1. The van der Waals surface area contributed by atoms with E-state index in [0.29, 0.717) is 0 Å². The van der Waals surface area contributed by atoms with Crippen molar-refractivity contribution in [3.63, 3.8) is 0 Å². The second kappa shape index (κ2) is 9.74. The van der Waals surface area contributed by atoms with Crippen LogP contribution in [0.15, 0.2) is 0 Å². The van der Waals surface area contributed by atoms with E-state index in [4.69, 9.17) is 20.7 Å². The molecule has 5 nitrogen and oxygen atoms in total. The van der Waals surface area contributed by atoms with Gasteiger partial charge in [0.1, 0.15) is 0 Å². The number of carboxylic acid groups (broad SMARTS) is 2. The van der Waals surface area contributed by atoms with Gasteiger partial charge in [-0.25, -0.2) is 0 Å². The second-order valence-electron chi connectivity index (χ2n) is 1.82. The van der Waals surface area contributed by atoms with Gasteiger partial charge in [0.15, 0.2) is 0 Å². The van der Waals surface area contributed by atoms with Gasteiger partial charge in [0, 0.05) is 5.92 Å². The minimum atomic E-state index is -2.08. The number of nitrogens with two attached hydrogens (primary N) is 1. The molecule has 0 unspecified atom stereocenters. The zero-order valence-electron chi connectivity index (χ0n) is 6.83. The van der Waals surface area contributed by atoms with Crippen LogP contribution in [0.5, 0.6) is 0 Å². The summed E-state index contributed by atoms with van der Waals surface area (Å²) in [6.07, 6.45) is -2.08. The van der Waals surface area contributed by atoms with E-state index in [2.05, 4.69) is 0 Å². The van der Waals surface area contributed by atoms with Gasteiger partial charge in [0.25, 0.3) is 0 Å². The Hall–Kier alpha value is -0.260. The monoisotopic (exact) mass is 171 g/mol. The molecule has 0 aliphatic rings. The summed E-state index contributed by atoms with van der Waals surface area (Å²) < 4.78 is 0. The summed E-state index contributed by atoms with van der Waals surface area (Å²) in [5.74, 6) is -0.250. The maximum Gasteiger partial charge on any atom is 1.00 e. The molecule has 11 heavy (non-hydrogen) atoms. The quantitative estimate of drug-likeness (QED) is 0.392. The zero-order valence-corrected chi connectivity index (χ0v) is 8.83. The smallest absolute Gasteiger partial charge is 0.565 e. The maximum absolute atomic E-state index is 9.92. The van der Waals surface area contributed by atoms with Crippen molar-refractivity contribution in [2.75, 3.05) is 0 Å². The summed E-state index contributed by atoms with van der Waals surface area (Å²) in [6.45, 7) is 3.53. The standard InChI is InChI=1S/C4H9NO.CH2O3.Na/c1-3(2)4(5)6;2-1(3)4;/h3H,1-2H3,(H2,5,6);(H2,2,3,4);/q;;+1/p-1. The molecule has 0 aliphatic carbocycles. The number of carbonyl (C=O) groups is 2. The van der Waals surface area contributed by atoms with Gasteiger partial charge in [-0.05, 0) is 0 Å². The van der Waals surface area contributed by atoms with Gasteiger partial charge in [-0.2, -0.15) is 0 Å². The molecule has 6 heteroatoms. The summed E-state index contributed by atoms with van der Waals surface area (Å²) in [5.41, 5.74) is 4.80. The Balaban J connectivity index is -0.000000114. The first-order chi connectivity index (χ1) is 4.37. The average molecular weight is 171 g/mol. The van der Waals surface area contributed by atoms with Crippen LogP contribution in [0.2, 0.25) is 0 Å². The molecule has 0 saturated carbocycles. The van der Waals surface area contributed by atoms with Crippen LogP contribution in [-0.4, -0.2) is 17.2 Å². The van der Waals surface area contributed by atoms with E-state index in [9.17, 15) is 4.79 Å². The SMILES string of the molecule is CC(C)C(N)=O.O=C([O-])O.[Na+]. The van der Waals surface area contributed by atoms with E-state index in [0.717, 1.165) is 0 Å². The van der Waals surface area contributed by atoms with Crippen molar-refractivity contribution in [3.8, 4) is 0 Å². The molecule has 0 fully saturated rings. The van der Waals surface area contributed by atoms with Gasteiger partial charge in [-0.1, -0.05) is 13.8 Å². The van der Waals surface area contributed by atoms with E-state index in [1.807, 2.05) is 0 Å². The molecule has 60 valence electrons. The molecular weight excluding hydrogens is 161 g/mol. The topological polar surface area (TPSA) is 103 Å². The van der Waals surface area contributed by atoms with Gasteiger partial charge in [0.2, 0.25) is 12.1 Å². The van der Waals surface area contributed by atoms with Crippen LogP contribution in [0.4, 0.5) is 4.79 Å². The minimum Gasteiger partial charge on any atom is -0.565 e. The molecule has 0 rings (SSSR count). The number of rotatable bonds is 1. The van der Waals surface area contributed by atoms with Gasteiger partial charge < -0.3 is 20.7 Å². The largest absolute Gasteiger partial charge is 1.00 e. The van der Waals surface area contributed by atoms with E-state index in [1.54, 1.807) is 13.8 Å². The Bertz CT molecular complexity index is 122. The number of carbonyl (C=O) groups excluding carboxylic acids is 1. The molecule has 0 bridgehead atoms. The fourth-order valence-corrected chi connectivity index (χ4v) is 0. The first kappa shape index (κ1) is 17.0. The molecule has 0 aliphatic heterocycles. The Morgan fingerprint density at radius 1 is 1.45 bits per heavy atom. The average Bonchev–Trinajstić information content (AvgIpc) is 1.63.